The number of rotatable bonds is 4. The Morgan fingerprint density at radius 2 is 2.12 bits per heavy atom. The number of nitrogens with zero attached hydrogens (tertiary/aromatic N) is 2. The van der Waals surface area contributed by atoms with E-state index in [9.17, 15) is 13.2 Å². The molecule has 0 radical (unpaired) electrons. The normalized spacial score (nSPS) is 18.8. The highest BCUT2D eigenvalue weighted by Gasteiger charge is 2.38. The lowest BCUT2D eigenvalue weighted by Crippen LogP contribution is -2.45. The molecule has 4 nitrogen and oxygen atoms in total. The predicted octanol–water partition coefficient (Wildman–Crippen LogP) is 2.54. The van der Waals surface area contributed by atoms with Gasteiger partial charge in [0.05, 0.1) is 5.60 Å². The van der Waals surface area contributed by atoms with Crippen molar-refractivity contribution >= 4 is 16.5 Å². The molecule has 0 aliphatic heterocycles. The summed E-state index contributed by atoms with van der Waals surface area (Å²) in [6.07, 6.45) is -1.50. The largest absolute Gasteiger partial charge is 0.445 e. The third-order valence-corrected chi connectivity index (χ3v) is 3.85. The summed E-state index contributed by atoms with van der Waals surface area (Å²) in [5, 5.41) is 8.66. The molecule has 1 aliphatic rings. The maximum absolute atomic E-state index is 12.3. The number of ether oxygens (including phenoxy) is 1. The zero-order chi connectivity index (χ0) is 12.5. The topological polar surface area (TPSA) is 47.0 Å². The number of alkyl halides is 3. The van der Waals surface area contributed by atoms with Gasteiger partial charge in [-0.1, -0.05) is 11.3 Å². The van der Waals surface area contributed by atoms with E-state index in [2.05, 4.69) is 15.5 Å². The number of halogens is 3. The van der Waals surface area contributed by atoms with Crippen molar-refractivity contribution in [1.29, 1.82) is 0 Å². The molecule has 1 fully saturated rings. The molecular weight excluding hydrogens is 255 g/mol. The van der Waals surface area contributed by atoms with Crippen molar-refractivity contribution in [2.45, 2.75) is 31.0 Å². The molecule has 1 heterocycles. The van der Waals surface area contributed by atoms with E-state index in [1.54, 1.807) is 7.11 Å². The average molecular weight is 267 g/mol. The minimum atomic E-state index is -4.42. The zero-order valence-corrected chi connectivity index (χ0v) is 9.99. The second-order valence-corrected chi connectivity index (χ2v) is 4.98. The van der Waals surface area contributed by atoms with Crippen molar-refractivity contribution in [2.75, 3.05) is 19.0 Å². The molecule has 1 saturated carbocycles. The first-order chi connectivity index (χ1) is 7.95. The number of hydrogen-bond acceptors (Lipinski definition) is 5. The zero-order valence-electron chi connectivity index (χ0n) is 9.17. The number of nitrogens with one attached hydrogen (secondary N) is 1. The fourth-order valence-electron chi connectivity index (χ4n) is 1.67. The summed E-state index contributed by atoms with van der Waals surface area (Å²) in [7, 11) is 1.61. The van der Waals surface area contributed by atoms with Gasteiger partial charge in [0.25, 0.3) is 0 Å². The van der Waals surface area contributed by atoms with Gasteiger partial charge in [0.2, 0.25) is 10.1 Å². The molecule has 0 bridgehead atoms. The highest BCUT2D eigenvalue weighted by molar-refractivity contribution is 7.15. The van der Waals surface area contributed by atoms with Gasteiger partial charge in [0.1, 0.15) is 0 Å². The molecule has 2 rings (SSSR count). The van der Waals surface area contributed by atoms with Crippen LogP contribution in [0.2, 0.25) is 0 Å². The van der Waals surface area contributed by atoms with Crippen LogP contribution in [0.25, 0.3) is 0 Å². The van der Waals surface area contributed by atoms with Crippen LogP contribution in [0.4, 0.5) is 18.3 Å². The third-order valence-electron chi connectivity index (χ3n) is 2.93. The van der Waals surface area contributed by atoms with Crippen LogP contribution in [0.5, 0.6) is 0 Å². The summed E-state index contributed by atoms with van der Waals surface area (Å²) < 4.78 is 42.2. The summed E-state index contributed by atoms with van der Waals surface area (Å²) in [5.74, 6) is 0. The highest BCUT2D eigenvalue weighted by atomic mass is 32.1. The molecule has 8 heteroatoms. The van der Waals surface area contributed by atoms with E-state index in [1.165, 1.54) is 0 Å². The van der Waals surface area contributed by atoms with Gasteiger partial charge in [-0.15, -0.1) is 10.2 Å². The van der Waals surface area contributed by atoms with Gasteiger partial charge in [-0.05, 0) is 19.3 Å². The molecule has 0 amide bonds. The molecule has 0 unspecified atom stereocenters. The van der Waals surface area contributed by atoms with E-state index in [0.717, 1.165) is 19.3 Å². The molecule has 0 aromatic carbocycles. The fourth-order valence-corrected chi connectivity index (χ4v) is 2.28. The maximum atomic E-state index is 12.3. The Labute approximate surface area is 100 Å². The summed E-state index contributed by atoms with van der Waals surface area (Å²) >= 11 is 0.512. The van der Waals surface area contributed by atoms with Crippen LogP contribution in [0.15, 0.2) is 0 Å². The predicted molar refractivity (Wildman–Crippen MR) is 57.0 cm³/mol. The average Bonchev–Trinajstić information content (AvgIpc) is 2.65. The van der Waals surface area contributed by atoms with Crippen LogP contribution in [0.3, 0.4) is 0 Å². The molecule has 1 aromatic heterocycles. The molecule has 0 spiro atoms. The smallest absolute Gasteiger partial charge is 0.376 e. The maximum Gasteiger partial charge on any atom is 0.445 e. The van der Waals surface area contributed by atoms with Crippen molar-refractivity contribution in [2.24, 2.45) is 0 Å². The van der Waals surface area contributed by atoms with E-state index in [0.29, 0.717) is 17.9 Å². The van der Waals surface area contributed by atoms with Gasteiger partial charge in [0.15, 0.2) is 0 Å². The van der Waals surface area contributed by atoms with E-state index < -0.39 is 11.2 Å². The first-order valence-electron chi connectivity index (χ1n) is 5.15. The van der Waals surface area contributed by atoms with Crippen LogP contribution in [-0.2, 0) is 10.9 Å². The third kappa shape index (κ3) is 2.68. The Morgan fingerprint density at radius 3 is 2.53 bits per heavy atom. The standard InChI is InChI=1S/C9H12F3N3OS/c1-16-8(3-2-4-8)5-13-7-15-14-6(17-7)9(10,11)12/h2-5H2,1H3,(H,13,15). The summed E-state index contributed by atoms with van der Waals surface area (Å²) in [6, 6.07) is 0. The molecule has 96 valence electrons. The SMILES string of the molecule is COC1(CNc2nnc(C(F)(F)F)s2)CCC1. The monoisotopic (exact) mass is 267 g/mol. The summed E-state index contributed by atoms with van der Waals surface area (Å²) in [5.41, 5.74) is -0.246. The van der Waals surface area contributed by atoms with Gasteiger partial charge in [-0.25, -0.2) is 0 Å². The Balaban J connectivity index is 1.93. The first-order valence-corrected chi connectivity index (χ1v) is 5.97. The molecule has 1 aromatic rings. The van der Waals surface area contributed by atoms with E-state index >= 15 is 0 Å². The van der Waals surface area contributed by atoms with Gasteiger partial charge >= 0.3 is 6.18 Å². The Kier molecular flexibility index (Phi) is 3.26. The fraction of sp³-hybridized carbons (Fsp3) is 0.778. The van der Waals surface area contributed by atoms with Crippen molar-refractivity contribution in [1.82, 2.24) is 10.2 Å². The van der Waals surface area contributed by atoms with Crippen molar-refractivity contribution in [3.05, 3.63) is 5.01 Å². The van der Waals surface area contributed by atoms with Crippen molar-refractivity contribution in [3.8, 4) is 0 Å². The van der Waals surface area contributed by atoms with E-state index in [4.69, 9.17) is 4.74 Å². The van der Waals surface area contributed by atoms with Crippen molar-refractivity contribution in [3.63, 3.8) is 0 Å². The van der Waals surface area contributed by atoms with Crippen molar-refractivity contribution < 1.29 is 17.9 Å². The van der Waals surface area contributed by atoms with Crippen LogP contribution in [-0.4, -0.2) is 29.5 Å². The molecule has 0 atom stereocenters. The molecular formula is C9H12F3N3OS. The Morgan fingerprint density at radius 1 is 1.41 bits per heavy atom. The molecule has 0 saturated heterocycles. The van der Waals surface area contributed by atoms with Gasteiger partial charge in [0, 0.05) is 13.7 Å². The minimum Gasteiger partial charge on any atom is -0.376 e. The lowest BCUT2D eigenvalue weighted by Gasteiger charge is -2.40. The Bertz CT molecular complexity index is 384. The van der Waals surface area contributed by atoms with Crippen LogP contribution in [0.1, 0.15) is 24.3 Å². The highest BCUT2D eigenvalue weighted by Crippen LogP contribution is 2.36. The molecule has 1 aliphatic carbocycles. The van der Waals surface area contributed by atoms with Crippen LogP contribution in [0, 0.1) is 0 Å². The van der Waals surface area contributed by atoms with Crippen LogP contribution < -0.4 is 5.32 Å². The summed E-state index contributed by atoms with van der Waals surface area (Å²) in [4.78, 5) is 0. The lowest BCUT2D eigenvalue weighted by molar-refractivity contribution is -0.138. The Hall–Kier alpha value is -0.890. The quantitative estimate of drug-likeness (QED) is 0.910. The number of methoxy groups -OCH3 is 1. The number of aromatic nitrogens is 2. The first kappa shape index (κ1) is 12.6. The van der Waals surface area contributed by atoms with E-state index in [1.807, 2.05) is 0 Å². The molecule has 1 N–H and O–H groups in total. The van der Waals surface area contributed by atoms with E-state index in [-0.39, 0.29) is 10.7 Å². The second kappa shape index (κ2) is 4.41. The van der Waals surface area contributed by atoms with Gasteiger partial charge in [-0.2, -0.15) is 13.2 Å². The lowest BCUT2D eigenvalue weighted by atomic mass is 9.80. The minimum absolute atomic E-state index is 0.181. The number of hydrogen-bond donors (Lipinski definition) is 1. The second-order valence-electron chi connectivity index (χ2n) is 4.00. The van der Waals surface area contributed by atoms with Crippen LogP contribution >= 0.6 is 11.3 Å². The molecule has 17 heavy (non-hydrogen) atoms. The van der Waals surface area contributed by atoms with Gasteiger partial charge in [-0.3, -0.25) is 0 Å². The summed E-state index contributed by atoms with van der Waals surface area (Å²) in [6.45, 7) is 0.468. The number of anilines is 1. The van der Waals surface area contributed by atoms with Gasteiger partial charge < -0.3 is 10.1 Å².